The van der Waals surface area contributed by atoms with Crippen LogP contribution in [0, 0.1) is 5.92 Å². The predicted octanol–water partition coefficient (Wildman–Crippen LogP) is 2.26. The van der Waals surface area contributed by atoms with E-state index in [1.807, 2.05) is 38.1 Å². The zero-order valence-electron chi connectivity index (χ0n) is 12.7. The number of amides is 1. The zero-order valence-corrected chi connectivity index (χ0v) is 12.7. The number of hydrogen-bond acceptors (Lipinski definition) is 3. The summed E-state index contributed by atoms with van der Waals surface area (Å²) in [5.41, 5.74) is 0.591. The molecule has 20 heavy (non-hydrogen) atoms. The number of likely N-dealkylation sites (N-methyl/N-ethyl adjacent to an activating group) is 1. The molecule has 0 bridgehead atoms. The summed E-state index contributed by atoms with van der Waals surface area (Å²) in [6.07, 6.45) is 2.36. The second-order valence-corrected chi connectivity index (χ2v) is 5.94. The van der Waals surface area contributed by atoms with E-state index in [1.54, 1.807) is 14.2 Å². The summed E-state index contributed by atoms with van der Waals surface area (Å²) in [6.45, 7) is 3.78. The molecule has 0 radical (unpaired) electrons. The maximum Gasteiger partial charge on any atom is 0.240 e. The Morgan fingerprint density at radius 3 is 2.35 bits per heavy atom. The van der Waals surface area contributed by atoms with Crippen LogP contribution in [0.4, 0.5) is 0 Å². The lowest BCUT2D eigenvalue weighted by Gasteiger charge is -2.27. The Balaban J connectivity index is 2.13. The van der Waals surface area contributed by atoms with E-state index in [0.717, 1.165) is 11.3 Å². The van der Waals surface area contributed by atoms with Crippen LogP contribution in [0.25, 0.3) is 0 Å². The first-order chi connectivity index (χ1) is 9.47. The number of carbonyl (C=O) groups excluding carboxylic acids is 1. The molecule has 0 heterocycles. The lowest BCUT2D eigenvalue weighted by atomic mass is 9.99. The van der Waals surface area contributed by atoms with Crippen molar-refractivity contribution < 1.29 is 9.53 Å². The van der Waals surface area contributed by atoms with Crippen LogP contribution in [0.15, 0.2) is 24.3 Å². The Hall–Kier alpha value is -1.55. The van der Waals surface area contributed by atoms with Crippen LogP contribution >= 0.6 is 0 Å². The second-order valence-electron chi connectivity index (χ2n) is 5.94. The molecule has 2 N–H and O–H groups in total. The van der Waals surface area contributed by atoms with Crippen molar-refractivity contribution >= 4 is 5.91 Å². The number of carbonyl (C=O) groups is 1. The average Bonchev–Trinajstić information content (AvgIpc) is 3.29. The van der Waals surface area contributed by atoms with Gasteiger partial charge in [0.25, 0.3) is 0 Å². The molecular formula is C16H24N2O2. The minimum absolute atomic E-state index is 0.0349. The average molecular weight is 276 g/mol. The van der Waals surface area contributed by atoms with E-state index in [4.69, 9.17) is 4.74 Å². The van der Waals surface area contributed by atoms with Crippen molar-refractivity contribution in [3.05, 3.63) is 29.8 Å². The summed E-state index contributed by atoms with van der Waals surface area (Å²) in [5, 5.41) is 6.23. The van der Waals surface area contributed by atoms with Gasteiger partial charge < -0.3 is 15.4 Å². The Kier molecular flexibility index (Phi) is 4.33. The SMILES string of the molecule is CNC(C)(C)C(=O)NC(c1ccc(OC)cc1)C1CC1. The number of ether oxygens (including phenoxy) is 1. The quantitative estimate of drug-likeness (QED) is 0.838. The highest BCUT2D eigenvalue weighted by Gasteiger charge is 2.36. The van der Waals surface area contributed by atoms with Gasteiger partial charge in [0.05, 0.1) is 18.7 Å². The summed E-state index contributed by atoms with van der Waals surface area (Å²) in [4.78, 5) is 12.3. The van der Waals surface area contributed by atoms with Gasteiger partial charge in [-0.3, -0.25) is 4.79 Å². The van der Waals surface area contributed by atoms with Crippen LogP contribution in [0.3, 0.4) is 0 Å². The minimum Gasteiger partial charge on any atom is -0.497 e. The molecule has 0 saturated heterocycles. The Morgan fingerprint density at radius 2 is 1.90 bits per heavy atom. The van der Waals surface area contributed by atoms with Crippen molar-refractivity contribution in [2.24, 2.45) is 5.92 Å². The van der Waals surface area contributed by atoms with Crippen molar-refractivity contribution in [2.45, 2.75) is 38.3 Å². The van der Waals surface area contributed by atoms with E-state index in [2.05, 4.69) is 10.6 Å². The highest BCUT2D eigenvalue weighted by atomic mass is 16.5. The van der Waals surface area contributed by atoms with Gasteiger partial charge in [-0.25, -0.2) is 0 Å². The first-order valence-corrected chi connectivity index (χ1v) is 7.12. The molecule has 0 aliphatic heterocycles. The fraction of sp³-hybridized carbons (Fsp3) is 0.562. The summed E-state index contributed by atoms with van der Waals surface area (Å²) >= 11 is 0. The molecule has 1 aliphatic rings. The molecule has 1 aromatic rings. The molecule has 4 heteroatoms. The number of nitrogens with one attached hydrogen (secondary N) is 2. The third kappa shape index (κ3) is 3.31. The van der Waals surface area contributed by atoms with Crippen molar-refractivity contribution in [2.75, 3.05) is 14.2 Å². The molecule has 1 amide bonds. The monoisotopic (exact) mass is 276 g/mol. The molecule has 1 saturated carbocycles. The highest BCUT2D eigenvalue weighted by molar-refractivity contribution is 5.85. The summed E-state index contributed by atoms with van der Waals surface area (Å²) in [5.74, 6) is 1.43. The zero-order chi connectivity index (χ0) is 14.8. The molecule has 2 rings (SSSR count). The van der Waals surface area contributed by atoms with Crippen LogP contribution in [0.1, 0.15) is 38.3 Å². The molecule has 1 fully saturated rings. The van der Waals surface area contributed by atoms with Crippen LogP contribution in [0.5, 0.6) is 5.75 Å². The molecule has 0 aromatic heterocycles. The molecule has 1 aliphatic carbocycles. The van der Waals surface area contributed by atoms with Crippen LogP contribution in [-0.2, 0) is 4.79 Å². The first-order valence-electron chi connectivity index (χ1n) is 7.12. The molecule has 110 valence electrons. The summed E-state index contributed by atoms with van der Waals surface area (Å²) < 4.78 is 5.18. The van der Waals surface area contributed by atoms with Gasteiger partial charge in [0.2, 0.25) is 5.91 Å². The number of methoxy groups -OCH3 is 1. The predicted molar refractivity (Wildman–Crippen MR) is 79.7 cm³/mol. The molecule has 1 atom stereocenters. The van der Waals surface area contributed by atoms with Crippen LogP contribution in [0.2, 0.25) is 0 Å². The number of hydrogen-bond donors (Lipinski definition) is 2. The topological polar surface area (TPSA) is 50.4 Å². The standard InChI is InChI=1S/C16H24N2O2/c1-16(2,17-3)15(19)18-14(11-5-6-11)12-7-9-13(20-4)10-8-12/h7-11,14,17H,5-6H2,1-4H3,(H,18,19). The third-order valence-electron chi connectivity index (χ3n) is 4.05. The highest BCUT2D eigenvalue weighted by Crippen LogP contribution is 2.41. The first kappa shape index (κ1) is 14.9. The van der Waals surface area contributed by atoms with Gasteiger partial charge in [0.1, 0.15) is 5.75 Å². The van der Waals surface area contributed by atoms with E-state index in [0.29, 0.717) is 5.92 Å². The maximum atomic E-state index is 12.3. The van der Waals surface area contributed by atoms with Gasteiger partial charge >= 0.3 is 0 Å². The van der Waals surface area contributed by atoms with Crippen molar-refractivity contribution in [3.63, 3.8) is 0 Å². The lowest BCUT2D eigenvalue weighted by Crippen LogP contribution is -2.52. The Morgan fingerprint density at radius 1 is 1.30 bits per heavy atom. The van der Waals surface area contributed by atoms with Gasteiger partial charge in [-0.05, 0) is 57.4 Å². The van der Waals surface area contributed by atoms with Crippen molar-refractivity contribution in [1.82, 2.24) is 10.6 Å². The van der Waals surface area contributed by atoms with Gasteiger partial charge in [0, 0.05) is 0 Å². The van der Waals surface area contributed by atoms with E-state index >= 15 is 0 Å². The van der Waals surface area contributed by atoms with Crippen molar-refractivity contribution in [1.29, 1.82) is 0 Å². The smallest absolute Gasteiger partial charge is 0.240 e. The summed E-state index contributed by atoms with van der Waals surface area (Å²) in [6, 6.07) is 8.06. The molecule has 1 unspecified atom stereocenters. The van der Waals surface area contributed by atoms with E-state index in [-0.39, 0.29) is 11.9 Å². The minimum atomic E-state index is -0.556. The van der Waals surface area contributed by atoms with E-state index in [9.17, 15) is 4.79 Å². The number of rotatable bonds is 6. The third-order valence-corrected chi connectivity index (χ3v) is 4.05. The number of benzene rings is 1. The molecule has 4 nitrogen and oxygen atoms in total. The van der Waals surface area contributed by atoms with Crippen molar-refractivity contribution in [3.8, 4) is 5.75 Å². The van der Waals surface area contributed by atoms with E-state index in [1.165, 1.54) is 12.8 Å². The van der Waals surface area contributed by atoms with Gasteiger partial charge in [-0.15, -0.1) is 0 Å². The normalized spacial score (nSPS) is 16.6. The fourth-order valence-corrected chi connectivity index (χ4v) is 2.15. The van der Waals surface area contributed by atoms with Gasteiger partial charge in [0.15, 0.2) is 0 Å². The molecule has 1 aromatic carbocycles. The van der Waals surface area contributed by atoms with E-state index < -0.39 is 5.54 Å². The second kappa shape index (κ2) is 5.83. The van der Waals surface area contributed by atoms with Crippen LogP contribution < -0.4 is 15.4 Å². The Labute approximate surface area is 120 Å². The van der Waals surface area contributed by atoms with Gasteiger partial charge in [-0.2, -0.15) is 0 Å². The van der Waals surface area contributed by atoms with Crippen LogP contribution in [-0.4, -0.2) is 25.6 Å². The lowest BCUT2D eigenvalue weighted by molar-refractivity contribution is -0.127. The maximum absolute atomic E-state index is 12.3. The largest absolute Gasteiger partial charge is 0.497 e. The Bertz CT molecular complexity index is 464. The van der Waals surface area contributed by atoms with Gasteiger partial charge in [-0.1, -0.05) is 12.1 Å². The summed E-state index contributed by atoms with van der Waals surface area (Å²) in [7, 11) is 3.46. The molecule has 0 spiro atoms. The molecular weight excluding hydrogens is 252 g/mol. The fourth-order valence-electron chi connectivity index (χ4n) is 2.15.